The van der Waals surface area contributed by atoms with Gasteiger partial charge in [0.25, 0.3) is 0 Å². The Morgan fingerprint density at radius 2 is 1.64 bits per heavy atom. The minimum Gasteiger partial charge on any atom is -0.315 e. The van der Waals surface area contributed by atoms with Gasteiger partial charge in [0, 0.05) is 11.6 Å². The monoisotopic (exact) mass is 200 g/mol. The van der Waals surface area contributed by atoms with E-state index >= 15 is 0 Å². The SMILES string of the molecule is CCCC(NC)C(CC)(CC)N(C)C. The first-order valence-corrected chi connectivity index (χ1v) is 5.93. The summed E-state index contributed by atoms with van der Waals surface area (Å²) in [5.41, 5.74) is 0.324. The summed E-state index contributed by atoms with van der Waals surface area (Å²) in [5.74, 6) is 0. The fraction of sp³-hybridized carbons (Fsp3) is 1.00. The van der Waals surface area contributed by atoms with E-state index in [1.165, 1.54) is 25.7 Å². The number of hydrogen-bond donors (Lipinski definition) is 1. The molecule has 0 aromatic rings. The lowest BCUT2D eigenvalue weighted by Crippen LogP contribution is -2.57. The summed E-state index contributed by atoms with van der Waals surface area (Å²) in [6.45, 7) is 6.85. The van der Waals surface area contributed by atoms with E-state index in [2.05, 4.69) is 52.1 Å². The van der Waals surface area contributed by atoms with Crippen LogP contribution in [0, 0.1) is 0 Å². The second-order valence-electron chi connectivity index (χ2n) is 4.34. The van der Waals surface area contributed by atoms with Crippen LogP contribution < -0.4 is 5.32 Å². The van der Waals surface area contributed by atoms with Crippen LogP contribution >= 0.6 is 0 Å². The Kier molecular flexibility index (Phi) is 6.38. The van der Waals surface area contributed by atoms with Gasteiger partial charge in [-0.05, 0) is 40.4 Å². The Morgan fingerprint density at radius 1 is 1.14 bits per heavy atom. The third-order valence-electron chi connectivity index (χ3n) is 3.69. The molecule has 0 heterocycles. The normalized spacial score (nSPS) is 14.8. The van der Waals surface area contributed by atoms with Crippen LogP contribution in [0.5, 0.6) is 0 Å². The molecular weight excluding hydrogens is 172 g/mol. The lowest BCUT2D eigenvalue weighted by Gasteiger charge is -2.45. The lowest BCUT2D eigenvalue weighted by atomic mass is 9.81. The summed E-state index contributed by atoms with van der Waals surface area (Å²) >= 11 is 0. The van der Waals surface area contributed by atoms with Crippen LogP contribution in [0.1, 0.15) is 46.5 Å². The highest BCUT2D eigenvalue weighted by atomic mass is 15.2. The Morgan fingerprint density at radius 3 is 1.86 bits per heavy atom. The van der Waals surface area contributed by atoms with Crippen molar-refractivity contribution in [2.45, 2.75) is 58.0 Å². The highest BCUT2D eigenvalue weighted by molar-refractivity contribution is 4.96. The Hall–Kier alpha value is -0.0800. The zero-order valence-electron chi connectivity index (χ0n) is 10.9. The molecule has 0 aromatic carbocycles. The van der Waals surface area contributed by atoms with Gasteiger partial charge < -0.3 is 10.2 Å². The van der Waals surface area contributed by atoms with Crippen LogP contribution in [0.3, 0.4) is 0 Å². The Balaban J connectivity index is 4.73. The van der Waals surface area contributed by atoms with Crippen LogP contribution in [-0.4, -0.2) is 37.6 Å². The topological polar surface area (TPSA) is 15.3 Å². The molecule has 0 saturated carbocycles. The summed E-state index contributed by atoms with van der Waals surface area (Å²) in [7, 11) is 6.49. The minimum atomic E-state index is 0.324. The van der Waals surface area contributed by atoms with Crippen molar-refractivity contribution >= 4 is 0 Å². The molecule has 86 valence electrons. The number of nitrogens with zero attached hydrogens (tertiary/aromatic N) is 1. The molecule has 0 saturated heterocycles. The zero-order valence-corrected chi connectivity index (χ0v) is 10.9. The fourth-order valence-electron chi connectivity index (χ4n) is 2.66. The number of rotatable bonds is 7. The molecule has 0 fully saturated rings. The first kappa shape index (κ1) is 13.9. The van der Waals surface area contributed by atoms with Crippen LogP contribution in [0.4, 0.5) is 0 Å². The number of hydrogen-bond acceptors (Lipinski definition) is 2. The van der Waals surface area contributed by atoms with Gasteiger partial charge in [0.1, 0.15) is 0 Å². The first-order valence-electron chi connectivity index (χ1n) is 5.93. The van der Waals surface area contributed by atoms with Crippen molar-refractivity contribution in [3.8, 4) is 0 Å². The van der Waals surface area contributed by atoms with Crippen LogP contribution in [0.2, 0.25) is 0 Å². The summed E-state index contributed by atoms with van der Waals surface area (Å²) < 4.78 is 0. The predicted octanol–water partition coefficient (Wildman–Crippen LogP) is 2.49. The minimum absolute atomic E-state index is 0.324. The molecule has 2 nitrogen and oxygen atoms in total. The van der Waals surface area contributed by atoms with Crippen molar-refractivity contribution in [3.05, 3.63) is 0 Å². The smallest absolute Gasteiger partial charge is 0.0351 e. The largest absolute Gasteiger partial charge is 0.315 e. The van der Waals surface area contributed by atoms with E-state index in [9.17, 15) is 0 Å². The van der Waals surface area contributed by atoms with E-state index in [-0.39, 0.29) is 0 Å². The van der Waals surface area contributed by atoms with Gasteiger partial charge in [0.05, 0.1) is 0 Å². The van der Waals surface area contributed by atoms with E-state index in [4.69, 9.17) is 0 Å². The van der Waals surface area contributed by atoms with Gasteiger partial charge in [0.15, 0.2) is 0 Å². The van der Waals surface area contributed by atoms with Crippen LogP contribution in [0.15, 0.2) is 0 Å². The van der Waals surface area contributed by atoms with Crippen molar-refractivity contribution in [1.29, 1.82) is 0 Å². The summed E-state index contributed by atoms with van der Waals surface area (Å²) in [4.78, 5) is 2.39. The van der Waals surface area contributed by atoms with Crippen molar-refractivity contribution in [2.24, 2.45) is 0 Å². The molecule has 0 radical (unpaired) electrons. The van der Waals surface area contributed by atoms with Crippen molar-refractivity contribution in [1.82, 2.24) is 10.2 Å². The quantitative estimate of drug-likeness (QED) is 0.679. The maximum Gasteiger partial charge on any atom is 0.0351 e. The number of nitrogens with one attached hydrogen (secondary N) is 1. The average Bonchev–Trinajstić information content (AvgIpc) is 2.18. The zero-order chi connectivity index (χ0) is 11.2. The van der Waals surface area contributed by atoms with E-state index in [1.54, 1.807) is 0 Å². The summed E-state index contributed by atoms with van der Waals surface area (Å²) in [5, 5.41) is 3.49. The van der Waals surface area contributed by atoms with Gasteiger partial charge in [-0.1, -0.05) is 27.2 Å². The molecule has 1 atom stereocenters. The molecule has 0 bridgehead atoms. The second kappa shape index (κ2) is 6.41. The standard InChI is InChI=1S/C12H28N2/c1-7-10-11(13-4)12(8-2,9-3)14(5)6/h11,13H,7-10H2,1-6H3. The van der Waals surface area contributed by atoms with Crippen LogP contribution in [-0.2, 0) is 0 Å². The van der Waals surface area contributed by atoms with Crippen molar-refractivity contribution in [3.63, 3.8) is 0 Å². The van der Waals surface area contributed by atoms with Gasteiger partial charge in [-0.2, -0.15) is 0 Å². The van der Waals surface area contributed by atoms with Gasteiger partial charge >= 0.3 is 0 Å². The molecule has 0 aromatic heterocycles. The highest BCUT2D eigenvalue weighted by Crippen LogP contribution is 2.28. The molecule has 0 spiro atoms. The van der Waals surface area contributed by atoms with Gasteiger partial charge in [-0.3, -0.25) is 0 Å². The van der Waals surface area contributed by atoms with Gasteiger partial charge in [-0.15, -0.1) is 0 Å². The molecule has 0 rings (SSSR count). The Bertz CT molecular complexity index is 139. The highest BCUT2D eigenvalue weighted by Gasteiger charge is 2.35. The van der Waals surface area contributed by atoms with E-state index in [0.717, 1.165) is 0 Å². The van der Waals surface area contributed by atoms with E-state index in [0.29, 0.717) is 11.6 Å². The maximum absolute atomic E-state index is 3.49. The van der Waals surface area contributed by atoms with E-state index < -0.39 is 0 Å². The summed E-state index contributed by atoms with van der Waals surface area (Å²) in [6, 6.07) is 0.609. The summed E-state index contributed by atoms with van der Waals surface area (Å²) in [6.07, 6.45) is 4.93. The second-order valence-corrected chi connectivity index (χ2v) is 4.34. The molecule has 0 amide bonds. The fourth-order valence-corrected chi connectivity index (χ4v) is 2.66. The molecule has 0 aliphatic heterocycles. The van der Waals surface area contributed by atoms with Gasteiger partial charge in [-0.25, -0.2) is 0 Å². The van der Waals surface area contributed by atoms with Crippen LogP contribution in [0.25, 0.3) is 0 Å². The number of likely N-dealkylation sites (N-methyl/N-ethyl adjacent to an activating group) is 2. The molecule has 0 aliphatic rings. The molecule has 14 heavy (non-hydrogen) atoms. The molecular formula is C12H28N2. The third kappa shape index (κ3) is 2.71. The first-order chi connectivity index (χ1) is 6.58. The Labute approximate surface area is 90.1 Å². The van der Waals surface area contributed by atoms with Crippen molar-refractivity contribution < 1.29 is 0 Å². The third-order valence-corrected chi connectivity index (χ3v) is 3.69. The molecule has 0 aliphatic carbocycles. The predicted molar refractivity (Wildman–Crippen MR) is 64.8 cm³/mol. The van der Waals surface area contributed by atoms with Gasteiger partial charge in [0.2, 0.25) is 0 Å². The lowest BCUT2D eigenvalue weighted by molar-refractivity contribution is 0.0874. The molecule has 1 unspecified atom stereocenters. The molecule has 1 N–H and O–H groups in total. The van der Waals surface area contributed by atoms with Crippen molar-refractivity contribution in [2.75, 3.05) is 21.1 Å². The maximum atomic E-state index is 3.49. The average molecular weight is 200 g/mol. The van der Waals surface area contributed by atoms with E-state index in [1.807, 2.05) is 0 Å². The molecule has 2 heteroatoms.